The van der Waals surface area contributed by atoms with Crippen LogP contribution in [0.4, 0.5) is 5.69 Å². The summed E-state index contributed by atoms with van der Waals surface area (Å²) in [6, 6.07) is 19.4. The maximum absolute atomic E-state index is 12.2. The minimum absolute atomic E-state index is 0.177. The van der Waals surface area contributed by atoms with Gasteiger partial charge in [0.25, 0.3) is 0 Å². The Bertz CT molecular complexity index is 941. The Morgan fingerprint density at radius 1 is 0.958 bits per heavy atom. The van der Waals surface area contributed by atoms with Gasteiger partial charge in [-0.15, -0.1) is 0 Å². The average molecular weight is 317 g/mol. The molecular weight excluding hydrogens is 302 g/mol. The van der Waals surface area contributed by atoms with Crippen LogP contribution in [-0.2, 0) is 4.79 Å². The zero-order chi connectivity index (χ0) is 16.4. The van der Waals surface area contributed by atoms with E-state index in [2.05, 4.69) is 5.32 Å². The first-order chi connectivity index (χ1) is 11.8. The zero-order valence-corrected chi connectivity index (χ0v) is 12.9. The lowest BCUT2D eigenvalue weighted by Gasteiger charge is -2.06. The molecule has 0 spiro atoms. The van der Waals surface area contributed by atoms with E-state index in [9.17, 15) is 4.79 Å². The van der Waals surface area contributed by atoms with Crippen molar-refractivity contribution in [2.75, 3.05) is 12.1 Å². The number of hydrogen-bond donors (Lipinski definition) is 1. The summed E-state index contributed by atoms with van der Waals surface area (Å²) in [7, 11) is 0. The number of rotatable bonds is 3. The maximum Gasteiger partial charge on any atom is 0.248 e. The molecule has 1 heterocycles. The lowest BCUT2D eigenvalue weighted by Crippen LogP contribution is -2.07. The van der Waals surface area contributed by atoms with Gasteiger partial charge in [0.2, 0.25) is 12.7 Å². The number of anilines is 1. The molecule has 0 fully saturated rings. The first-order valence-corrected chi connectivity index (χ1v) is 7.66. The van der Waals surface area contributed by atoms with Gasteiger partial charge < -0.3 is 14.8 Å². The van der Waals surface area contributed by atoms with Gasteiger partial charge in [0, 0.05) is 17.1 Å². The number of carbonyl (C=O) groups is 1. The van der Waals surface area contributed by atoms with Crippen LogP contribution in [0, 0.1) is 0 Å². The minimum atomic E-state index is -0.177. The van der Waals surface area contributed by atoms with Crippen LogP contribution < -0.4 is 14.8 Å². The van der Waals surface area contributed by atoms with E-state index >= 15 is 0 Å². The van der Waals surface area contributed by atoms with E-state index in [1.54, 1.807) is 6.08 Å². The third kappa shape index (κ3) is 2.82. The molecule has 0 saturated heterocycles. The molecule has 4 nitrogen and oxygen atoms in total. The minimum Gasteiger partial charge on any atom is -0.454 e. The predicted octanol–water partition coefficient (Wildman–Crippen LogP) is 4.22. The van der Waals surface area contributed by atoms with Crippen molar-refractivity contribution in [3.8, 4) is 11.5 Å². The van der Waals surface area contributed by atoms with E-state index in [-0.39, 0.29) is 12.7 Å². The summed E-state index contributed by atoms with van der Waals surface area (Å²) in [4.78, 5) is 12.2. The van der Waals surface area contributed by atoms with Gasteiger partial charge in [0.1, 0.15) is 0 Å². The second-order valence-electron chi connectivity index (χ2n) is 5.46. The molecule has 0 bridgehead atoms. The molecule has 0 aliphatic carbocycles. The molecule has 4 heteroatoms. The van der Waals surface area contributed by atoms with Crippen LogP contribution in [-0.4, -0.2) is 12.7 Å². The Morgan fingerprint density at radius 2 is 1.79 bits per heavy atom. The van der Waals surface area contributed by atoms with Crippen LogP contribution in [0.5, 0.6) is 11.5 Å². The summed E-state index contributed by atoms with van der Waals surface area (Å²) >= 11 is 0. The Morgan fingerprint density at radius 3 is 2.75 bits per heavy atom. The highest BCUT2D eigenvalue weighted by Crippen LogP contribution is 2.32. The molecule has 1 amide bonds. The molecule has 3 aromatic rings. The highest BCUT2D eigenvalue weighted by Gasteiger charge is 2.12. The van der Waals surface area contributed by atoms with Crippen LogP contribution in [0.25, 0.3) is 16.8 Å². The second-order valence-corrected chi connectivity index (χ2v) is 5.46. The molecule has 4 rings (SSSR count). The van der Waals surface area contributed by atoms with Crippen LogP contribution >= 0.6 is 0 Å². The SMILES string of the molecule is O=C(/C=C/c1ccc2c(c1)OCO2)Nc1cccc2ccccc12. The molecule has 0 atom stereocenters. The van der Waals surface area contributed by atoms with E-state index in [0.717, 1.165) is 27.8 Å². The van der Waals surface area contributed by atoms with Gasteiger partial charge in [-0.05, 0) is 35.2 Å². The van der Waals surface area contributed by atoms with Crippen molar-refractivity contribution in [1.29, 1.82) is 0 Å². The molecule has 24 heavy (non-hydrogen) atoms. The molecule has 118 valence electrons. The molecule has 1 N–H and O–H groups in total. The number of carbonyl (C=O) groups excluding carboxylic acids is 1. The number of benzene rings is 3. The van der Waals surface area contributed by atoms with Gasteiger partial charge in [-0.2, -0.15) is 0 Å². The highest BCUT2D eigenvalue weighted by atomic mass is 16.7. The topological polar surface area (TPSA) is 47.6 Å². The van der Waals surface area contributed by atoms with Gasteiger partial charge in [-0.3, -0.25) is 4.79 Å². The van der Waals surface area contributed by atoms with E-state index in [1.165, 1.54) is 6.08 Å². The number of hydrogen-bond acceptors (Lipinski definition) is 3. The van der Waals surface area contributed by atoms with Crippen LogP contribution in [0.15, 0.2) is 66.7 Å². The summed E-state index contributed by atoms with van der Waals surface area (Å²) in [5.41, 5.74) is 1.68. The number of amides is 1. The summed E-state index contributed by atoms with van der Waals surface area (Å²) in [6.45, 7) is 0.240. The normalized spacial score (nSPS) is 12.7. The number of nitrogens with one attached hydrogen (secondary N) is 1. The monoisotopic (exact) mass is 317 g/mol. The molecular formula is C20H15NO3. The average Bonchev–Trinajstić information content (AvgIpc) is 3.08. The van der Waals surface area contributed by atoms with Crippen molar-refractivity contribution in [3.63, 3.8) is 0 Å². The smallest absolute Gasteiger partial charge is 0.248 e. The zero-order valence-electron chi connectivity index (χ0n) is 12.9. The largest absolute Gasteiger partial charge is 0.454 e. The van der Waals surface area contributed by atoms with Gasteiger partial charge >= 0.3 is 0 Å². The van der Waals surface area contributed by atoms with Gasteiger partial charge in [-0.1, -0.05) is 42.5 Å². The van der Waals surface area contributed by atoms with Gasteiger partial charge in [0.15, 0.2) is 11.5 Å². The first kappa shape index (κ1) is 14.3. The molecule has 0 aromatic heterocycles. The van der Waals surface area contributed by atoms with Crippen molar-refractivity contribution in [3.05, 3.63) is 72.3 Å². The van der Waals surface area contributed by atoms with Gasteiger partial charge in [0.05, 0.1) is 0 Å². The van der Waals surface area contributed by atoms with E-state index < -0.39 is 0 Å². The van der Waals surface area contributed by atoms with Gasteiger partial charge in [-0.25, -0.2) is 0 Å². The van der Waals surface area contributed by atoms with Crippen LogP contribution in [0.3, 0.4) is 0 Å². The standard InChI is InChI=1S/C20H15NO3/c22-20(11-9-14-8-10-18-19(12-14)24-13-23-18)21-17-7-3-5-15-4-1-2-6-16(15)17/h1-12H,13H2,(H,21,22)/b11-9+. The van der Waals surface area contributed by atoms with E-state index in [4.69, 9.17) is 9.47 Å². The fourth-order valence-corrected chi connectivity index (χ4v) is 2.70. The quantitative estimate of drug-likeness (QED) is 0.736. The Kier molecular flexibility index (Phi) is 3.63. The maximum atomic E-state index is 12.2. The molecule has 1 aliphatic heterocycles. The van der Waals surface area contributed by atoms with Crippen molar-refractivity contribution in [2.45, 2.75) is 0 Å². The van der Waals surface area contributed by atoms with Crippen molar-refractivity contribution in [1.82, 2.24) is 0 Å². The molecule has 3 aromatic carbocycles. The molecule has 0 unspecified atom stereocenters. The number of fused-ring (bicyclic) bond motifs is 2. The highest BCUT2D eigenvalue weighted by molar-refractivity contribution is 6.07. The molecule has 0 saturated carbocycles. The Hall–Kier alpha value is -3.27. The third-order valence-corrected chi connectivity index (χ3v) is 3.87. The predicted molar refractivity (Wildman–Crippen MR) is 94.2 cm³/mol. The van der Waals surface area contributed by atoms with Crippen molar-refractivity contribution in [2.24, 2.45) is 0 Å². The first-order valence-electron chi connectivity index (χ1n) is 7.66. The van der Waals surface area contributed by atoms with E-state index in [1.807, 2.05) is 60.7 Å². The fourth-order valence-electron chi connectivity index (χ4n) is 2.70. The van der Waals surface area contributed by atoms with E-state index in [0.29, 0.717) is 5.75 Å². The Labute approximate surface area is 139 Å². The molecule has 1 aliphatic rings. The van der Waals surface area contributed by atoms with Crippen molar-refractivity contribution < 1.29 is 14.3 Å². The fraction of sp³-hybridized carbons (Fsp3) is 0.0500. The summed E-state index contributed by atoms with van der Waals surface area (Å²) < 4.78 is 10.6. The second kappa shape index (κ2) is 6.08. The summed E-state index contributed by atoms with van der Waals surface area (Å²) in [5.74, 6) is 1.25. The lowest BCUT2D eigenvalue weighted by atomic mass is 10.1. The molecule has 0 radical (unpaired) electrons. The lowest BCUT2D eigenvalue weighted by molar-refractivity contribution is -0.111. The summed E-state index contributed by atoms with van der Waals surface area (Å²) in [5, 5.41) is 5.04. The summed E-state index contributed by atoms with van der Waals surface area (Å²) in [6.07, 6.45) is 3.27. The van der Waals surface area contributed by atoms with Crippen LogP contribution in [0.2, 0.25) is 0 Å². The third-order valence-electron chi connectivity index (χ3n) is 3.87. The Balaban J connectivity index is 1.52. The van der Waals surface area contributed by atoms with Crippen LogP contribution in [0.1, 0.15) is 5.56 Å². The number of ether oxygens (including phenoxy) is 2. The van der Waals surface area contributed by atoms with Crippen molar-refractivity contribution >= 4 is 28.4 Å².